The van der Waals surface area contributed by atoms with Gasteiger partial charge in [0, 0.05) is 31.6 Å². The van der Waals surface area contributed by atoms with Crippen molar-refractivity contribution in [1.29, 1.82) is 0 Å². The van der Waals surface area contributed by atoms with Crippen LogP contribution in [0, 0.1) is 0 Å². The number of nitrogens with zero attached hydrogens (tertiary/aromatic N) is 1. The van der Waals surface area contributed by atoms with E-state index < -0.39 is 0 Å². The molecule has 1 aromatic carbocycles. The zero-order chi connectivity index (χ0) is 23.5. The quantitative estimate of drug-likeness (QED) is 0.546. The van der Waals surface area contributed by atoms with Gasteiger partial charge in [-0.05, 0) is 75.6 Å². The van der Waals surface area contributed by atoms with Gasteiger partial charge in [-0.2, -0.15) is 0 Å². The zero-order valence-corrected chi connectivity index (χ0v) is 20.3. The van der Waals surface area contributed by atoms with Crippen LogP contribution < -0.4 is 10.1 Å². The first-order chi connectivity index (χ1) is 14.9. The van der Waals surface area contributed by atoms with Crippen molar-refractivity contribution in [2.75, 3.05) is 0 Å². The van der Waals surface area contributed by atoms with E-state index in [1.807, 2.05) is 43.3 Å². The molecule has 170 valence electrons. The van der Waals surface area contributed by atoms with Crippen molar-refractivity contribution in [2.45, 2.75) is 65.2 Å². The van der Waals surface area contributed by atoms with E-state index in [9.17, 15) is 4.79 Å². The molecule has 2 aromatic rings. The van der Waals surface area contributed by atoms with Crippen LogP contribution in [0.4, 0.5) is 0 Å². The zero-order valence-electron chi connectivity index (χ0n) is 19.5. The van der Waals surface area contributed by atoms with Gasteiger partial charge in [0.2, 0.25) is 11.8 Å². The molecule has 0 saturated heterocycles. The summed E-state index contributed by atoms with van der Waals surface area (Å²) in [4.78, 5) is 15.4. The van der Waals surface area contributed by atoms with Crippen molar-refractivity contribution in [3.05, 3.63) is 64.8 Å². The number of halogens is 1. The SMILES string of the molecule is CC(=O)N[C@@H](C)/C=C/c1ccc(Oc2ccc(C3=CC(C)(C)OC(C)(C)C3)cc2Cl)nc1. The Morgan fingerprint density at radius 2 is 2.00 bits per heavy atom. The molecule has 0 saturated carbocycles. The minimum Gasteiger partial charge on any atom is -0.437 e. The van der Waals surface area contributed by atoms with E-state index in [-0.39, 0.29) is 23.2 Å². The monoisotopic (exact) mass is 454 g/mol. The van der Waals surface area contributed by atoms with Crippen LogP contribution in [-0.4, -0.2) is 28.1 Å². The van der Waals surface area contributed by atoms with Gasteiger partial charge in [-0.3, -0.25) is 4.79 Å². The van der Waals surface area contributed by atoms with Crippen LogP contribution >= 0.6 is 11.6 Å². The predicted molar refractivity (Wildman–Crippen MR) is 130 cm³/mol. The fourth-order valence-corrected chi connectivity index (χ4v) is 4.18. The molecule has 0 aliphatic carbocycles. The number of benzene rings is 1. The Hall–Kier alpha value is -2.63. The van der Waals surface area contributed by atoms with Crippen molar-refractivity contribution in [2.24, 2.45) is 0 Å². The molecule has 1 aliphatic rings. The molecule has 6 heteroatoms. The normalized spacial score (nSPS) is 18.2. The summed E-state index contributed by atoms with van der Waals surface area (Å²) in [6.07, 6.45) is 8.49. The maximum atomic E-state index is 11.1. The van der Waals surface area contributed by atoms with Gasteiger partial charge in [0.25, 0.3) is 0 Å². The molecule has 1 N–H and O–H groups in total. The maximum Gasteiger partial charge on any atom is 0.219 e. The Labute approximate surface area is 195 Å². The molecule has 0 unspecified atom stereocenters. The molecule has 5 nitrogen and oxygen atoms in total. The lowest BCUT2D eigenvalue weighted by molar-refractivity contribution is -0.119. The summed E-state index contributed by atoms with van der Waals surface area (Å²) in [5.74, 6) is 0.948. The lowest BCUT2D eigenvalue weighted by atomic mass is 9.86. The molecular formula is C26H31ClN2O3. The fraction of sp³-hybridized carbons (Fsp3) is 0.385. The van der Waals surface area contributed by atoms with Crippen LogP contribution in [0.1, 0.15) is 59.1 Å². The smallest absolute Gasteiger partial charge is 0.219 e. The Morgan fingerprint density at radius 1 is 1.25 bits per heavy atom. The van der Waals surface area contributed by atoms with Gasteiger partial charge < -0.3 is 14.8 Å². The third-order valence-corrected chi connectivity index (χ3v) is 5.26. The van der Waals surface area contributed by atoms with Crippen molar-refractivity contribution >= 4 is 29.2 Å². The van der Waals surface area contributed by atoms with Crippen molar-refractivity contribution < 1.29 is 14.3 Å². The van der Waals surface area contributed by atoms with Gasteiger partial charge in [0.15, 0.2) is 0 Å². The Balaban J connectivity index is 1.71. The van der Waals surface area contributed by atoms with Crippen LogP contribution in [0.25, 0.3) is 11.6 Å². The van der Waals surface area contributed by atoms with E-state index in [1.54, 1.807) is 12.3 Å². The summed E-state index contributed by atoms with van der Waals surface area (Å²) >= 11 is 6.54. The number of ether oxygens (including phenoxy) is 2. The number of aromatic nitrogens is 1. The third-order valence-electron chi connectivity index (χ3n) is 4.96. The minimum atomic E-state index is -0.335. The fourth-order valence-electron chi connectivity index (χ4n) is 3.96. The summed E-state index contributed by atoms with van der Waals surface area (Å²) < 4.78 is 12.0. The number of carbonyl (C=O) groups excluding carboxylic acids is 1. The van der Waals surface area contributed by atoms with Gasteiger partial charge in [-0.1, -0.05) is 29.8 Å². The second-order valence-electron chi connectivity index (χ2n) is 9.34. The molecule has 0 bridgehead atoms. The first kappa shape index (κ1) is 24.0. The molecular weight excluding hydrogens is 424 g/mol. The largest absolute Gasteiger partial charge is 0.437 e. The molecule has 1 aromatic heterocycles. The molecule has 0 fully saturated rings. The van der Waals surface area contributed by atoms with E-state index >= 15 is 0 Å². The number of hydrogen-bond donors (Lipinski definition) is 1. The van der Waals surface area contributed by atoms with Crippen molar-refractivity contribution in [3.8, 4) is 11.6 Å². The Morgan fingerprint density at radius 3 is 2.59 bits per heavy atom. The lowest BCUT2D eigenvalue weighted by Crippen LogP contribution is -2.39. The van der Waals surface area contributed by atoms with Crippen molar-refractivity contribution in [3.63, 3.8) is 0 Å². The standard InChI is InChI=1S/C26H31ClN2O3/c1-17(29-18(2)30)7-8-19-9-12-24(28-16-19)31-23-11-10-20(13-22(23)27)21-14-25(3,4)32-26(5,6)15-21/h7-14,16-17H,15H2,1-6H3,(H,29,30)/b8-7+/t17-/m0/s1. The molecule has 3 rings (SSSR count). The van der Waals surface area contributed by atoms with E-state index in [0.29, 0.717) is 16.7 Å². The van der Waals surface area contributed by atoms with Crippen LogP contribution in [0.3, 0.4) is 0 Å². The molecule has 1 aliphatic heterocycles. The summed E-state index contributed by atoms with van der Waals surface area (Å²) in [5, 5.41) is 3.33. The number of nitrogens with one attached hydrogen (secondary N) is 1. The predicted octanol–water partition coefficient (Wildman–Crippen LogP) is 6.43. The van der Waals surface area contributed by atoms with Gasteiger partial charge in [-0.15, -0.1) is 0 Å². The molecule has 1 amide bonds. The van der Waals surface area contributed by atoms with E-state index in [0.717, 1.165) is 17.5 Å². The van der Waals surface area contributed by atoms with Crippen LogP contribution in [0.2, 0.25) is 5.02 Å². The highest BCUT2D eigenvalue weighted by molar-refractivity contribution is 6.32. The van der Waals surface area contributed by atoms with E-state index in [1.165, 1.54) is 12.5 Å². The lowest BCUT2D eigenvalue weighted by Gasteiger charge is -2.40. The number of pyridine rings is 1. The summed E-state index contributed by atoms with van der Waals surface area (Å²) in [5.41, 5.74) is 2.61. The number of rotatable bonds is 6. The first-order valence-corrected chi connectivity index (χ1v) is 11.1. The molecule has 0 radical (unpaired) electrons. The summed E-state index contributed by atoms with van der Waals surface area (Å²) in [7, 11) is 0. The first-order valence-electron chi connectivity index (χ1n) is 10.7. The van der Waals surface area contributed by atoms with E-state index in [2.05, 4.69) is 44.1 Å². The Bertz CT molecular complexity index is 1040. The van der Waals surface area contributed by atoms with Crippen LogP contribution in [-0.2, 0) is 9.53 Å². The highest BCUT2D eigenvalue weighted by Gasteiger charge is 2.34. The minimum absolute atomic E-state index is 0.0530. The topological polar surface area (TPSA) is 60.5 Å². The van der Waals surface area contributed by atoms with E-state index in [4.69, 9.17) is 21.1 Å². The highest BCUT2D eigenvalue weighted by Crippen LogP contribution is 2.40. The third kappa shape index (κ3) is 6.68. The van der Waals surface area contributed by atoms with Gasteiger partial charge in [0.05, 0.1) is 16.2 Å². The average molecular weight is 455 g/mol. The summed E-state index contributed by atoms with van der Waals surface area (Å²) in [6, 6.07) is 9.46. The second-order valence-corrected chi connectivity index (χ2v) is 9.74. The van der Waals surface area contributed by atoms with Crippen LogP contribution in [0.5, 0.6) is 11.6 Å². The molecule has 2 heterocycles. The maximum absolute atomic E-state index is 11.1. The van der Waals surface area contributed by atoms with Gasteiger partial charge >= 0.3 is 0 Å². The molecule has 0 spiro atoms. The average Bonchev–Trinajstić information content (AvgIpc) is 2.66. The number of amides is 1. The van der Waals surface area contributed by atoms with Gasteiger partial charge in [-0.25, -0.2) is 4.98 Å². The highest BCUT2D eigenvalue weighted by atomic mass is 35.5. The van der Waals surface area contributed by atoms with Gasteiger partial charge in [0.1, 0.15) is 5.75 Å². The summed E-state index contributed by atoms with van der Waals surface area (Å²) in [6.45, 7) is 11.7. The molecule has 32 heavy (non-hydrogen) atoms. The Kier molecular flexibility index (Phi) is 7.11. The molecule has 1 atom stereocenters. The van der Waals surface area contributed by atoms with Crippen LogP contribution in [0.15, 0.2) is 48.7 Å². The second kappa shape index (κ2) is 9.47. The number of hydrogen-bond acceptors (Lipinski definition) is 4. The number of carbonyl (C=O) groups is 1. The van der Waals surface area contributed by atoms with Crippen molar-refractivity contribution in [1.82, 2.24) is 10.3 Å².